The van der Waals surface area contributed by atoms with E-state index in [1.807, 2.05) is 12.1 Å². The van der Waals surface area contributed by atoms with Crippen LogP contribution in [-0.2, 0) is 9.59 Å². The minimum absolute atomic E-state index is 0.0973. The van der Waals surface area contributed by atoms with Crippen molar-refractivity contribution in [2.24, 2.45) is 0 Å². The van der Waals surface area contributed by atoms with Gasteiger partial charge < -0.3 is 15.3 Å². The van der Waals surface area contributed by atoms with Gasteiger partial charge in [-0.1, -0.05) is 17.7 Å². The summed E-state index contributed by atoms with van der Waals surface area (Å²) in [5, 5.41) is 13.0. The van der Waals surface area contributed by atoms with E-state index in [2.05, 4.69) is 10.3 Å². The van der Waals surface area contributed by atoms with Crippen LogP contribution >= 0.6 is 11.6 Å². The molecule has 2 N–H and O–H groups in total. The zero-order valence-electron chi connectivity index (χ0n) is 13.8. The third-order valence-electron chi connectivity index (χ3n) is 4.75. The lowest BCUT2D eigenvalue weighted by molar-refractivity contribution is -0.137. The first-order chi connectivity index (χ1) is 12.5. The molecule has 2 aliphatic heterocycles. The Labute approximate surface area is 155 Å². The number of aliphatic carboxylic acids is 1. The van der Waals surface area contributed by atoms with Crippen molar-refractivity contribution in [1.82, 2.24) is 4.98 Å². The van der Waals surface area contributed by atoms with E-state index in [-0.39, 0.29) is 12.3 Å². The molecule has 4 rings (SSSR count). The zero-order chi connectivity index (χ0) is 18.3. The summed E-state index contributed by atoms with van der Waals surface area (Å²) < 4.78 is 0. The number of hydrogen-bond acceptors (Lipinski definition) is 4. The van der Waals surface area contributed by atoms with Crippen molar-refractivity contribution in [2.45, 2.75) is 18.9 Å². The molecular formula is C19H16ClN3O3. The van der Waals surface area contributed by atoms with Gasteiger partial charge in [-0.25, -0.2) is 4.79 Å². The van der Waals surface area contributed by atoms with E-state index in [0.29, 0.717) is 29.2 Å². The molecular weight excluding hydrogens is 354 g/mol. The predicted molar refractivity (Wildman–Crippen MR) is 99.2 cm³/mol. The van der Waals surface area contributed by atoms with Crippen LogP contribution in [0.15, 0.2) is 48.3 Å². The van der Waals surface area contributed by atoms with Gasteiger partial charge in [-0.05, 0) is 36.3 Å². The van der Waals surface area contributed by atoms with Gasteiger partial charge in [0.25, 0.3) is 5.91 Å². The lowest BCUT2D eigenvalue weighted by atomic mass is 9.88. The lowest BCUT2D eigenvalue weighted by Crippen LogP contribution is -2.33. The fourth-order valence-corrected chi connectivity index (χ4v) is 3.69. The van der Waals surface area contributed by atoms with Crippen molar-refractivity contribution in [3.63, 3.8) is 0 Å². The molecule has 26 heavy (non-hydrogen) atoms. The average molecular weight is 370 g/mol. The second kappa shape index (κ2) is 6.46. The number of aromatic nitrogens is 1. The molecule has 0 radical (unpaired) electrons. The first kappa shape index (κ1) is 16.6. The number of benzene rings is 1. The number of halogens is 1. The summed E-state index contributed by atoms with van der Waals surface area (Å²) in [6, 6.07) is 8.13. The number of nitrogens with one attached hydrogen (secondary N) is 1. The van der Waals surface area contributed by atoms with Gasteiger partial charge in [0.05, 0.1) is 11.9 Å². The van der Waals surface area contributed by atoms with Gasteiger partial charge in [0, 0.05) is 41.0 Å². The van der Waals surface area contributed by atoms with Crippen LogP contribution in [0.5, 0.6) is 0 Å². The highest BCUT2D eigenvalue weighted by Crippen LogP contribution is 2.40. The molecule has 0 spiro atoms. The van der Waals surface area contributed by atoms with Crippen LogP contribution in [0.1, 0.15) is 18.4 Å². The molecule has 1 fully saturated rings. The fraction of sp³-hybridized carbons (Fsp3) is 0.211. The Hall–Kier alpha value is -2.86. The van der Waals surface area contributed by atoms with Crippen molar-refractivity contribution >= 4 is 40.4 Å². The van der Waals surface area contributed by atoms with E-state index in [1.54, 1.807) is 35.5 Å². The number of carboxylic acid groups (broad SMARTS) is 1. The first-order valence-electron chi connectivity index (χ1n) is 8.28. The Balaban J connectivity index is 1.78. The van der Waals surface area contributed by atoms with E-state index in [0.717, 1.165) is 16.8 Å². The number of anilines is 2. The number of pyridine rings is 1. The topological polar surface area (TPSA) is 82.5 Å². The summed E-state index contributed by atoms with van der Waals surface area (Å²) in [6.07, 6.45) is 4.14. The average Bonchev–Trinajstić information content (AvgIpc) is 3.02. The van der Waals surface area contributed by atoms with Crippen LogP contribution in [0.25, 0.3) is 5.57 Å². The Kier molecular flexibility index (Phi) is 4.12. The van der Waals surface area contributed by atoms with Crippen LogP contribution in [-0.4, -0.2) is 34.6 Å². The van der Waals surface area contributed by atoms with Gasteiger partial charge in [0.1, 0.15) is 6.04 Å². The van der Waals surface area contributed by atoms with E-state index in [4.69, 9.17) is 11.6 Å². The standard InChI is InChI=1S/C19H16ClN3O3/c20-11-3-4-13-15(9-17(19(25)26)22-16(13)8-11)14-5-7-23(18(14)24)12-2-1-6-21-10-12/h1-4,6,8,10,17,22H,5,7,9H2,(H,25,26)/b15-14-. The van der Waals surface area contributed by atoms with Crippen molar-refractivity contribution in [3.8, 4) is 0 Å². The molecule has 1 aromatic heterocycles. The molecule has 0 bridgehead atoms. The maximum absolute atomic E-state index is 13.0. The SMILES string of the molecule is O=C(O)C1C/C(=C2\CCN(c3cccnc3)C2=O)c2ccc(Cl)cc2N1. The van der Waals surface area contributed by atoms with Gasteiger partial charge in [-0.2, -0.15) is 0 Å². The summed E-state index contributed by atoms with van der Waals surface area (Å²) in [5.41, 5.74) is 3.66. The summed E-state index contributed by atoms with van der Waals surface area (Å²) in [6.45, 7) is 0.553. The van der Waals surface area contributed by atoms with Gasteiger partial charge >= 0.3 is 5.97 Å². The normalized spacial score (nSPS) is 22.1. The number of carbonyl (C=O) groups is 2. The van der Waals surface area contributed by atoms with Crippen LogP contribution in [0.4, 0.5) is 11.4 Å². The second-order valence-electron chi connectivity index (χ2n) is 6.30. The van der Waals surface area contributed by atoms with Crippen molar-refractivity contribution < 1.29 is 14.7 Å². The number of fused-ring (bicyclic) bond motifs is 1. The maximum Gasteiger partial charge on any atom is 0.326 e. The van der Waals surface area contributed by atoms with Crippen LogP contribution in [0.2, 0.25) is 5.02 Å². The van der Waals surface area contributed by atoms with Crippen LogP contribution in [0, 0.1) is 0 Å². The molecule has 0 saturated carbocycles. The molecule has 3 heterocycles. The van der Waals surface area contributed by atoms with Gasteiger partial charge in [0.15, 0.2) is 0 Å². The molecule has 2 aromatic rings. The monoisotopic (exact) mass is 369 g/mol. The van der Waals surface area contributed by atoms with Crippen molar-refractivity contribution in [1.29, 1.82) is 0 Å². The number of amides is 1. The molecule has 1 saturated heterocycles. The molecule has 7 heteroatoms. The molecule has 1 atom stereocenters. The maximum atomic E-state index is 13.0. The second-order valence-corrected chi connectivity index (χ2v) is 6.74. The summed E-state index contributed by atoms with van der Waals surface area (Å²) in [5.74, 6) is -1.05. The molecule has 1 unspecified atom stereocenters. The Morgan fingerprint density at radius 3 is 2.88 bits per heavy atom. The van der Waals surface area contributed by atoms with Gasteiger partial charge in [-0.3, -0.25) is 9.78 Å². The smallest absolute Gasteiger partial charge is 0.326 e. The highest BCUT2D eigenvalue weighted by Gasteiger charge is 2.35. The summed E-state index contributed by atoms with van der Waals surface area (Å²) >= 11 is 6.06. The van der Waals surface area contributed by atoms with E-state index < -0.39 is 12.0 Å². The van der Waals surface area contributed by atoms with Crippen molar-refractivity contribution in [2.75, 3.05) is 16.8 Å². The van der Waals surface area contributed by atoms with Crippen molar-refractivity contribution in [3.05, 3.63) is 58.9 Å². The quantitative estimate of drug-likeness (QED) is 0.794. The Morgan fingerprint density at radius 2 is 2.15 bits per heavy atom. The Bertz CT molecular complexity index is 927. The van der Waals surface area contributed by atoms with E-state index >= 15 is 0 Å². The van der Waals surface area contributed by atoms with Gasteiger partial charge in [0.2, 0.25) is 0 Å². The largest absolute Gasteiger partial charge is 0.480 e. The molecule has 1 amide bonds. The number of carbonyl (C=O) groups excluding carboxylic acids is 1. The highest BCUT2D eigenvalue weighted by atomic mass is 35.5. The third-order valence-corrected chi connectivity index (χ3v) is 4.99. The van der Waals surface area contributed by atoms with E-state index in [9.17, 15) is 14.7 Å². The zero-order valence-corrected chi connectivity index (χ0v) is 14.5. The highest BCUT2D eigenvalue weighted by molar-refractivity contribution is 6.31. The van der Waals surface area contributed by atoms with Crippen LogP contribution in [0.3, 0.4) is 0 Å². The molecule has 1 aromatic carbocycles. The number of nitrogens with zero attached hydrogens (tertiary/aromatic N) is 2. The number of hydrogen-bond donors (Lipinski definition) is 2. The molecule has 2 aliphatic rings. The van der Waals surface area contributed by atoms with E-state index in [1.165, 1.54) is 0 Å². The number of rotatable bonds is 2. The summed E-state index contributed by atoms with van der Waals surface area (Å²) in [4.78, 5) is 30.3. The minimum atomic E-state index is -0.955. The first-order valence-corrected chi connectivity index (χ1v) is 8.65. The third kappa shape index (κ3) is 2.82. The van der Waals surface area contributed by atoms with Crippen LogP contribution < -0.4 is 10.2 Å². The molecule has 0 aliphatic carbocycles. The number of carboxylic acids is 1. The summed E-state index contributed by atoms with van der Waals surface area (Å²) in [7, 11) is 0. The predicted octanol–water partition coefficient (Wildman–Crippen LogP) is 3.19. The fourth-order valence-electron chi connectivity index (χ4n) is 3.52. The van der Waals surface area contributed by atoms with Gasteiger partial charge in [-0.15, -0.1) is 0 Å². The Morgan fingerprint density at radius 1 is 1.31 bits per heavy atom. The molecule has 132 valence electrons. The lowest BCUT2D eigenvalue weighted by Gasteiger charge is -2.28. The minimum Gasteiger partial charge on any atom is -0.480 e. The molecule has 6 nitrogen and oxygen atoms in total.